The summed E-state index contributed by atoms with van der Waals surface area (Å²) in [5.74, 6) is 0.953. The van der Waals surface area contributed by atoms with E-state index in [-0.39, 0.29) is 0 Å². The van der Waals surface area contributed by atoms with Gasteiger partial charge in [-0.15, -0.1) is 6.58 Å². The van der Waals surface area contributed by atoms with E-state index >= 15 is 0 Å². The third kappa shape index (κ3) is 2.98. The molecule has 1 atom stereocenters. The highest BCUT2D eigenvalue weighted by Crippen LogP contribution is 2.27. The summed E-state index contributed by atoms with van der Waals surface area (Å²) >= 11 is 0. The van der Waals surface area contributed by atoms with Crippen LogP contribution in [0.1, 0.15) is 38.5 Å². The maximum Gasteiger partial charge on any atom is 0.0247 e. The lowest BCUT2D eigenvalue weighted by atomic mass is 9.85. The Morgan fingerprint density at radius 1 is 1.42 bits per heavy atom. The fourth-order valence-corrected chi connectivity index (χ4v) is 2.11. The first-order valence-electron chi connectivity index (χ1n) is 5.16. The molecule has 0 aromatic heterocycles. The van der Waals surface area contributed by atoms with Crippen molar-refractivity contribution in [2.75, 3.05) is 7.05 Å². The van der Waals surface area contributed by atoms with Crippen molar-refractivity contribution in [1.82, 2.24) is 5.32 Å². The van der Waals surface area contributed by atoms with E-state index in [9.17, 15) is 0 Å². The molecular weight excluding hydrogens is 146 g/mol. The van der Waals surface area contributed by atoms with E-state index in [1.54, 1.807) is 0 Å². The van der Waals surface area contributed by atoms with E-state index in [4.69, 9.17) is 0 Å². The smallest absolute Gasteiger partial charge is 0.0247 e. The average molecular weight is 167 g/mol. The molecule has 0 amide bonds. The van der Waals surface area contributed by atoms with Gasteiger partial charge in [0.15, 0.2) is 0 Å². The van der Waals surface area contributed by atoms with Crippen LogP contribution in [0.5, 0.6) is 0 Å². The molecule has 0 aromatic carbocycles. The van der Waals surface area contributed by atoms with Crippen molar-refractivity contribution in [2.24, 2.45) is 5.92 Å². The minimum Gasteiger partial charge on any atom is -0.314 e. The lowest BCUT2D eigenvalue weighted by Crippen LogP contribution is -2.26. The fraction of sp³-hybridized carbons (Fsp3) is 0.818. The second kappa shape index (κ2) is 5.36. The van der Waals surface area contributed by atoms with Gasteiger partial charge in [-0.3, -0.25) is 0 Å². The highest BCUT2D eigenvalue weighted by atomic mass is 14.9. The van der Waals surface area contributed by atoms with Gasteiger partial charge < -0.3 is 5.32 Å². The Hall–Kier alpha value is -0.300. The lowest BCUT2D eigenvalue weighted by molar-refractivity contribution is 0.320. The second-order valence-electron chi connectivity index (χ2n) is 3.87. The first kappa shape index (κ1) is 9.79. The summed E-state index contributed by atoms with van der Waals surface area (Å²) in [6.07, 6.45) is 10.5. The van der Waals surface area contributed by atoms with E-state index in [2.05, 4.69) is 11.9 Å². The Morgan fingerprint density at radius 2 is 2.08 bits per heavy atom. The van der Waals surface area contributed by atoms with Crippen LogP contribution in [0.2, 0.25) is 0 Å². The number of hydrogen-bond donors (Lipinski definition) is 1. The van der Waals surface area contributed by atoms with Gasteiger partial charge in [0.25, 0.3) is 0 Å². The summed E-state index contributed by atoms with van der Waals surface area (Å²) < 4.78 is 0. The Morgan fingerprint density at radius 3 is 2.58 bits per heavy atom. The highest BCUT2D eigenvalue weighted by molar-refractivity contribution is 4.86. The molecule has 1 fully saturated rings. The molecule has 0 aromatic rings. The maximum atomic E-state index is 3.83. The van der Waals surface area contributed by atoms with Gasteiger partial charge in [-0.1, -0.05) is 38.2 Å². The predicted molar refractivity (Wildman–Crippen MR) is 54.2 cm³/mol. The summed E-state index contributed by atoms with van der Waals surface area (Å²) in [6, 6.07) is 0.535. The van der Waals surface area contributed by atoms with Crippen LogP contribution < -0.4 is 5.32 Å². The molecule has 1 N–H and O–H groups in total. The van der Waals surface area contributed by atoms with Gasteiger partial charge in [0, 0.05) is 6.04 Å². The van der Waals surface area contributed by atoms with Crippen LogP contribution in [0.25, 0.3) is 0 Å². The summed E-state index contributed by atoms with van der Waals surface area (Å²) in [5.41, 5.74) is 0. The van der Waals surface area contributed by atoms with Crippen LogP contribution in [-0.4, -0.2) is 13.1 Å². The number of nitrogens with one attached hydrogen (secondary N) is 1. The number of hydrogen-bond acceptors (Lipinski definition) is 1. The van der Waals surface area contributed by atoms with Crippen molar-refractivity contribution in [3.05, 3.63) is 12.7 Å². The van der Waals surface area contributed by atoms with E-state index in [0.29, 0.717) is 6.04 Å². The molecule has 0 aliphatic heterocycles. The number of likely N-dealkylation sites (N-methyl/N-ethyl adjacent to an activating group) is 1. The van der Waals surface area contributed by atoms with Crippen LogP contribution in [0.4, 0.5) is 0 Å². The molecule has 1 aliphatic rings. The van der Waals surface area contributed by atoms with Crippen LogP contribution >= 0.6 is 0 Å². The maximum absolute atomic E-state index is 3.83. The fourth-order valence-electron chi connectivity index (χ4n) is 2.11. The van der Waals surface area contributed by atoms with Crippen molar-refractivity contribution in [3.63, 3.8) is 0 Å². The van der Waals surface area contributed by atoms with E-state index in [1.165, 1.54) is 38.5 Å². The zero-order valence-corrected chi connectivity index (χ0v) is 8.18. The quantitative estimate of drug-likeness (QED) is 0.635. The molecule has 0 unspecified atom stereocenters. The van der Waals surface area contributed by atoms with Crippen LogP contribution in [0.15, 0.2) is 12.7 Å². The van der Waals surface area contributed by atoms with Gasteiger partial charge in [-0.05, 0) is 19.4 Å². The summed E-state index contributed by atoms with van der Waals surface area (Å²) in [4.78, 5) is 0. The average Bonchev–Trinajstić information content (AvgIpc) is 2.16. The Bertz CT molecular complexity index is 125. The molecule has 1 aliphatic carbocycles. The van der Waals surface area contributed by atoms with Gasteiger partial charge in [0.1, 0.15) is 0 Å². The molecular formula is C11H21N. The molecule has 0 saturated heterocycles. The van der Waals surface area contributed by atoms with Crippen molar-refractivity contribution >= 4 is 0 Å². The van der Waals surface area contributed by atoms with Gasteiger partial charge in [-0.2, -0.15) is 0 Å². The Balaban J connectivity index is 2.22. The normalized spacial score (nSPS) is 22.1. The molecule has 0 heterocycles. The predicted octanol–water partition coefficient (Wildman–Crippen LogP) is 2.73. The second-order valence-corrected chi connectivity index (χ2v) is 3.87. The largest absolute Gasteiger partial charge is 0.314 e. The minimum atomic E-state index is 0.535. The van der Waals surface area contributed by atoms with Crippen molar-refractivity contribution in [3.8, 4) is 0 Å². The Labute approximate surface area is 76.2 Å². The van der Waals surface area contributed by atoms with Gasteiger partial charge in [0.05, 0.1) is 0 Å². The van der Waals surface area contributed by atoms with Crippen LogP contribution in [-0.2, 0) is 0 Å². The van der Waals surface area contributed by atoms with Gasteiger partial charge >= 0.3 is 0 Å². The zero-order chi connectivity index (χ0) is 8.81. The van der Waals surface area contributed by atoms with Crippen molar-refractivity contribution < 1.29 is 0 Å². The molecule has 1 rings (SSSR count). The third-order valence-corrected chi connectivity index (χ3v) is 2.97. The third-order valence-electron chi connectivity index (χ3n) is 2.97. The van der Waals surface area contributed by atoms with E-state index in [0.717, 1.165) is 5.92 Å². The van der Waals surface area contributed by atoms with E-state index in [1.807, 2.05) is 13.1 Å². The van der Waals surface area contributed by atoms with Crippen molar-refractivity contribution in [1.29, 1.82) is 0 Å². The molecule has 1 heteroatoms. The van der Waals surface area contributed by atoms with Crippen LogP contribution in [0.3, 0.4) is 0 Å². The lowest BCUT2D eigenvalue weighted by Gasteiger charge is -2.24. The van der Waals surface area contributed by atoms with Crippen LogP contribution in [0, 0.1) is 5.92 Å². The molecule has 12 heavy (non-hydrogen) atoms. The van der Waals surface area contributed by atoms with E-state index < -0.39 is 0 Å². The molecule has 1 nitrogen and oxygen atoms in total. The first-order chi connectivity index (χ1) is 5.86. The van der Waals surface area contributed by atoms with Crippen molar-refractivity contribution in [2.45, 2.75) is 44.6 Å². The molecule has 0 radical (unpaired) electrons. The standard InChI is InChI=1S/C11H21N/c1-3-11(12-2)9-10-7-5-4-6-8-10/h3,10-12H,1,4-9H2,2H3/t11-/m1/s1. The van der Waals surface area contributed by atoms with Gasteiger partial charge in [0.2, 0.25) is 0 Å². The molecule has 70 valence electrons. The monoisotopic (exact) mass is 167 g/mol. The zero-order valence-electron chi connectivity index (χ0n) is 8.18. The SMILES string of the molecule is C=C[C@H](CC1CCCCC1)NC. The highest BCUT2D eigenvalue weighted by Gasteiger charge is 2.15. The molecule has 0 bridgehead atoms. The summed E-state index contributed by atoms with van der Waals surface area (Å²) in [6.45, 7) is 3.83. The topological polar surface area (TPSA) is 12.0 Å². The first-order valence-corrected chi connectivity index (χ1v) is 5.16. The molecule has 1 saturated carbocycles. The minimum absolute atomic E-state index is 0.535. The Kier molecular flexibility index (Phi) is 4.37. The number of rotatable bonds is 4. The summed E-state index contributed by atoms with van der Waals surface area (Å²) in [5, 5.41) is 3.28. The summed E-state index contributed by atoms with van der Waals surface area (Å²) in [7, 11) is 2.02. The molecule has 0 spiro atoms. The van der Waals surface area contributed by atoms with Gasteiger partial charge in [-0.25, -0.2) is 0 Å².